The van der Waals surface area contributed by atoms with E-state index in [4.69, 9.17) is 0 Å². The van der Waals surface area contributed by atoms with Crippen molar-refractivity contribution in [2.75, 3.05) is 0 Å². The lowest BCUT2D eigenvalue weighted by molar-refractivity contribution is 0.0950. The topological polar surface area (TPSA) is 71.9 Å². The van der Waals surface area contributed by atoms with E-state index in [1.165, 1.54) is 0 Å². The number of aromatic amines is 1. The molecule has 1 aromatic carbocycles. The molecule has 0 aliphatic carbocycles. The molecule has 1 heterocycles. The maximum Gasteiger partial charge on any atom is 0.335 e. The van der Waals surface area contributed by atoms with Gasteiger partial charge in [0.05, 0.1) is 0 Å². The van der Waals surface area contributed by atoms with Gasteiger partial charge in [0, 0.05) is 11.3 Å². The summed E-state index contributed by atoms with van der Waals surface area (Å²) in [5.41, 5.74) is -0.734. The molecular formula is C12H9BrN2O3. The second-order valence-corrected chi connectivity index (χ2v) is 4.47. The highest BCUT2D eigenvalue weighted by molar-refractivity contribution is 9.10. The fraction of sp³-hybridized carbons (Fsp3) is 0.0833. The van der Waals surface area contributed by atoms with Crippen molar-refractivity contribution in [3.63, 3.8) is 0 Å². The Labute approximate surface area is 110 Å². The number of H-pyrrole nitrogens is 1. The predicted molar refractivity (Wildman–Crippen MR) is 69.9 cm³/mol. The summed E-state index contributed by atoms with van der Waals surface area (Å²) in [7, 11) is 0. The minimum atomic E-state index is -0.741. The third-order valence-corrected chi connectivity index (χ3v) is 3.38. The average Bonchev–Trinajstić information content (AvgIpc) is 2.37. The number of halogens is 1. The summed E-state index contributed by atoms with van der Waals surface area (Å²) in [6.45, 7) is 1.57. The molecule has 5 nitrogen and oxygen atoms in total. The first-order chi connectivity index (χ1) is 8.52. The molecule has 0 aliphatic rings. The van der Waals surface area contributed by atoms with Crippen LogP contribution in [0.2, 0.25) is 0 Å². The van der Waals surface area contributed by atoms with Crippen LogP contribution in [0, 0.1) is 6.92 Å². The number of carbonyl (C=O) groups is 1. The summed E-state index contributed by atoms with van der Waals surface area (Å²) < 4.78 is 0.748. The molecule has 0 radical (unpaired) electrons. The third-order valence-electron chi connectivity index (χ3n) is 2.44. The average molecular weight is 309 g/mol. The van der Waals surface area contributed by atoms with E-state index in [0.717, 1.165) is 0 Å². The Morgan fingerprint density at radius 1 is 1.22 bits per heavy atom. The monoisotopic (exact) mass is 308 g/mol. The number of rotatable bonds is 1. The summed E-state index contributed by atoms with van der Waals surface area (Å²) in [5.74, 6) is -0.650. The van der Waals surface area contributed by atoms with E-state index in [9.17, 15) is 14.4 Å². The Hall–Kier alpha value is -1.95. The molecule has 0 bridgehead atoms. The van der Waals surface area contributed by atoms with Gasteiger partial charge in [-0.15, -0.1) is 0 Å². The minimum absolute atomic E-state index is 0.173. The molecule has 0 saturated carbocycles. The lowest BCUT2D eigenvalue weighted by Gasteiger charge is -2.05. The first-order valence-electron chi connectivity index (χ1n) is 5.13. The van der Waals surface area contributed by atoms with E-state index < -0.39 is 17.2 Å². The van der Waals surface area contributed by atoms with Crippen LogP contribution in [0.25, 0.3) is 0 Å². The van der Waals surface area contributed by atoms with Gasteiger partial charge in [-0.3, -0.25) is 9.59 Å². The zero-order valence-corrected chi connectivity index (χ0v) is 11.0. The van der Waals surface area contributed by atoms with Crippen LogP contribution in [0.3, 0.4) is 0 Å². The molecule has 2 rings (SSSR count). The third kappa shape index (κ3) is 2.06. The molecule has 0 amide bonds. The lowest BCUT2D eigenvalue weighted by atomic mass is 10.2. The van der Waals surface area contributed by atoms with Gasteiger partial charge in [-0.2, -0.15) is 4.57 Å². The largest absolute Gasteiger partial charge is 0.335 e. The van der Waals surface area contributed by atoms with Crippen molar-refractivity contribution < 1.29 is 4.79 Å². The van der Waals surface area contributed by atoms with Gasteiger partial charge in [0.15, 0.2) is 0 Å². The Bertz CT molecular complexity index is 716. The van der Waals surface area contributed by atoms with Crippen LogP contribution in [0.15, 0.2) is 44.4 Å². The van der Waals surface area contributed by atoms with Gasteiger partial charge in [0.1, 0.15) is 4.47 Å². The molecule has 92 valence electrons. The minimum Gasteiger partial charge on any atom is -0.310 e. The number of benzene rings is 1. The van der Waals surface area contributed by atoms with Crippen LogP contribution >= 0.6 is 15.9 Å². The number of aromatic nitrogens is 2. The molecule has 0 fully saturated rings. The first kappa shape index (κ1) is 12.5. The fourth-order valence-corrected chi connectivity index (χ4v) is 1.79. The zero-order valence-electron chi connectivity index (χ0n) is 9.44. The second kappa shape index (κ2) is 4.73. The van der Waals surface area contributed by atoms with Crippen molar-refractivity contribution in [2.24, 2.45) is 0 Å². The maximum absolute atomic E-state index is 12.1. The lowest BCUT2D eigenvalue weighted by Crippen LogP contribution is -2.41. The smallest absolute Gasteiger partial charge is 0.310 e. The van der Waals surface area contributed by atoms with Crippen LogP contribution in [0.5, 0.6) is 0 Å². The normalized spacial score (nSPS) is 10.3. The summed E-state index contributed by atoms with van der Waals surface area (Å²) >= 11 is 3.05. The zero-order chi connectivity index (χ0) is 13.3. The van der Waals surface area contributed by atoms with Crippen LogP contribution in [0.1, 0.15) is 16.1 Å². The Kier molecular flexibility index (Phi) is 3.29. The highest BCUT2D eigenvalue weighted by Crippen LogP contribution is 2.06. The molecule has 18 heavy (non-hydrogen) atoms. The summed E-state index contributed by atoms with van der Waals surface area (Å²) in [6.07, 6.45) is 0. The van der Waals surface area contributed by atoms with Crippen molar-refractivity contribution in [3.8, 4) is 0 Å². The standard InChI is InChI=1S/C12H9BrN2O3/c1-7-9(13)11(17)15(12(18)14-7)10(16)8-5-3-2-4-6-8/h2-6H,1H3,(H,14,18). The van der Waals surface area contributed by atoms with Crippen molar-refractivity contribution in [2.45, 2.75) is 6.92 Å². The highest BCUT2D eigenvalue weighted by Gasteiger charge is 2.16. The van der Waals surface area contributed by atoms with E-state index >= 15 is 0 Å². The highest BCUT2D eigenvalue weighted by atomic mass is 79.9. The van der Waals surface area contributed by atoms with Gasteiger partial charge < -0.3 is 4.98 Å². The summed E-state index contributed by atoms with van der Waals surface area (Å²) in [6, 6.07) is 8.16. The molecule has 0 atom stereocenters. The number of hydrogen-bond donors (Lipinski definition) is 1. The van der Waals surface area contributed by atoms with Crippen molar-refractivity contribution >= 4 is 21.8 Å². The first-order valence-corrected chi connectivity index (χ1v) is 5.93. The number of aryl methyl sites for hydroxylation is 1. The van der Waals surface area contributed by atoms with Gasteiger partial charge in [0.25, 0.3) is 11.5 Å². The molecule has 0 spiro atoms. The summed E-state index contributed by atoms with van der Waals surface area (Å²) in [4.78, 5) is 38.1. The number of hydrogen-bond acceptors (Lipinski definition) is 3. The van der Waals surface area contributed by atoms with Gasteiger partial charge >= 0.3 is 5.69 Å². The molecule has 0 unspecified atom stereocenters. The van der Waals surface area contributed by atoms with Crippen molar-refractivity contribution in [1.82, 2.24) is 9.55 Å². The number of nitrogens with one attached hydrogen (secondary N) is 1. The predicted octanol–water partition coefficient (Wildman–Crippen LogP) is 1.30. The fourth-order valence-electron chi connectivity index (χ4n) is 1.52. The van der Waals surface area contributed by atoms with Crippen molar-refractivity contribution in [1.29, 1.82) is 0 Å². The molecule has 6 heteroatoms. The van der Waals surface area contributed by atoms with Crippen LogP contribution in [-0.2, 0) is 0 Å². The SMILES string of the molecule is Cc1[nH]c(=O)n(C(=O)c2ccccc2)c(=O)c1Br. The molecule has 2 aromatic rings. The number of carbonyl (C=O) groups excluding carboxylic acids is 1. The quantitative estimate of drug-likeness (QED) is 0.863. The van der Waals surface area contributed by atoms with Crippen LogP contribution < -0.4 is 11.2 Å². The molecule has 0 saturated heterocycles. The summed E-state index contributed by atoms with van der Waals surface area (Å²) in [5, 5.41) is 0. The van der Waals surface area contributed by atoms with E-state index in [1.54, 1.807) is 37.3 Å². The van der Waals surface area contributed by atoms with E-state index in [-0.39, 0.29) is 10.0 Å². The molecule has 1 N–H and O–H groups in total. The Morgan fingerprint density at radius 2 is 1.83 bits per heavy atom. The molecule has 1 aromatic heterocycles. The molecular weight excluding hydrogens is 300 g/mol. The van der Waals surface area contributed by atoms with Gasteiger partial charge in [-0.1, -0.05) is 18.2 Å². The van der Waals surface area contributed by atoms with Crippen LogP contribution in [0.4, 0.5) is 0 Å². The number of nitrogens with zero attached hydrogens (tertiary/aromatic N) is 1. The Morgan fingerprint density at radius 3 is 2.44 bits per heavy atom. The molecule has 0 aliphatic heterocycles. The van der Waals surface area contributed by atoms with Gasteiger partial charge in [-0.05, 0) is 35.0 Å². The maximum atomic E-state index is 12.1. The Balaban J connectivity index is 2.68. The van der Waals surface area contributed by atoms with E-state index in [1.807, 2.05) is 0 Å². The van der Waals surface area contributed by atoms with E-state index in [2.05, 4.69) is 20.9 Å². The van der Waals surface area contributed by atoms with E-state index in [0.29, 0.717) is 10.3 Å². The van der Waals surface area contributed by atoms with Crippen LogP contribution in [-0.4, -0.2) is 15.5 Å². The van der Waals surface area contributed by atoms with Crippen molar-refractivity contribution in [3.05, 3.63) is 66.9 Å². The van der Waals surface area contributed by atoms with Gasteiger partial charge in [0.2, 0.25) is 0 Å². The van der Waals surface area contributed by atoms with Gasteiger partial charge in [-0.25, -0.2) is 4.79 Å². The second-order valence-electron chi connectivity index (χ2n) is 3.68.